The molecule has 0 radical (unpaired) electrons. The van der Waals surface area contributed by atoms with Crippen molar-refractivity contribution in [2.45, 2.75) is 20.4 Å². The van der Waals surface area contributed by atoms with Crippen LogP contribution in [0.25, 0.3) is 15.3 Å². The molecule has 2 aromatic carbocycles. The van der Waals surface area contributed by atoms with Gasteiger partial charge in [0.15, 0.2) is 0 Å². The van der Waals surface area contributed by atoms with Crippen molar-refractivity contribution in [1.82, 2.24) is 20.1 Å². The molecule has 130 valence electrons. The van der Waals surface area contributed by atoms with Gasteiger partial charge in [-0.3, -0.25) is 4.79 Å². The van der Waals surface area contributed by atoms with Crippen LogP contribution < -0.4 is 5.32 Å². The Morgan fingerprint density at radius 3 is 2.69 bits per heavy atom. The number of carbonyl (C=O) groups excluding carboxylic acids is 1. The van der Waals surface area contributed by atoms with Gasteiger partial charge in [0.25, 0.3) is 5.91 Å². The lowest BCUT2D eigenvalue weighted by atomic mass is 10.1. The molecule has 0 atom stereocenters. The molecule has 4 aromatic rings. The molecule has 0 aliphatic rings. The van der Waals surface area contributed by atoms with E-state index in [-0.39, 0.29) is 5.91 Å². The second-order valence-corrected chi connectivity index (χ2v) is 7.33. The predicted molar refractivity (Wildman–Crippen MR) is 104 cm³/mol. The highest BCUT2D eigenvalue weighted by atomic mass is 32.1. The van der Waals surface area contributed by atoms with Crippen LogP contribution in [0.2, 0.25) is 0 Å². The van der Waals surface area contributed by atoms with Gasteiger partial charge in [-0.05, 0) is 31.5 Å². The van der Waals surface area contributed by atoms with E-state index in [1.165, 1.54) is 11.1 Å². The SMILES string of the molecule is Cc1cc(C)cc(CNC(=O)c2cnn(-c3nc4ccccc4s3)c2)c1. The molecular formula is C20H18N4OS. The van der Waals surface area contributed by atoms with Gasteiger partial charge < -0.3 is 5.32 Å². The zero-order valence-electron chi connectivity index (χ0n) is 14.6. The zero-order chi connectivity index (χ0) is 18.1. The molecule has 6 heteroatoms. The number of carbonyl (C=O) groups is 1. The summed E-state index contributed by atoms with van der Waals surface area (Å²) in [5, 5.41) is 7.99. The number of nitrogens with zero attached hydrogens (tertiary/aromatic N) is 3. The van der Waals surface area contributed by atoms with Gasteiger partial charge in [-0.15, -0.1) is 0 Å². The van der Waals surface area contributed by atoms with Crippen molar-refractivity contribution in [1.29, 1.82) is 0 Å². The van der Waals surface area contributed by atoms with Crippen LogP contribution in [0.4, 0.5) is 0 Å². The first-order valence-corrected chi connectivity index (χ1v) is 9.16. The Morgan fingerprint density at radius 1 is 1.15 bits per heavy atom. The minimum atomic E-state index is -0.142. The van der Waals surface area contributed by atoms with Crippen LogP contribution in [-0.2, 0) is 6.54 Å². The maximum absolute atomic E-state index is 12.4. The second-order valence-electron chi connectivity index (χ2n) is 6.32. The van der Waals surface area contributed by atoms with E-state index < -0.39 is 0 Å². The number of fused-ring (bicyclic) bond motifs is 1. The quantitative estimate of drug-likeness (QED) is 0.596. The minimum absolute atomic E-state index is 0.142. The fourth-order valence-corrected chi connectivity index (χ4v) is 3.86. The van der Waals surface area contributed by atoms with Crippen LogP contribution in [0, 0.1) is 13.8 Å². The van der Waals surface area contributed by atoms with E-state index >= 15 is 0 Å². The zero-order valence-corrected chi connectivity index (χ0v) is 15.4. The summed E-state index contributed by atoms with van der Waals surface area (Å²) in [5.74, 6) is -0.142. The van der Waals surface area contributed by atoms with Gasteiger partial charge in [0.1, 0.15) is 0 Å². The van der Waals surface area contributed by atoms with Crippen molar-refractivity contribution in [3.63, 3.8) is 0 Å². The summed E-state index contributed by atoms with van der Waals surface area (Å²) in [6, 6.07) is 14.2. The van der Waals surface area contributed by atoms with Gasteiger partial charge in [0, 0.05) is 12.7 Å². The van der Waals surface area contributed by atoms with Gasteiger partial charge in [0.2, 0.25) is 5.13 Å². The van der Waals surface area contributed by atoms with Crippen molar-refractivity contribution in [3.8, 4) is 5.13 Å². The highest BCUT2D eigenvalue weighted by molar-refractivity contribution is 7.20. The summed E-state index contributed by atoms with van der Waals surface area (Å²) in [7, 11) is 0. The molecule has 0 aliphatic carbocycles. The van der Waals surface area contributed by atoms with Crippen LogP contribution in [-0.4, -0.2) is 20.7 Å². The van der Waals surface area contributed by atoms with E-state index in [0.29, 0.717) is 12.1 Å². The van der Waals surface area contributed by atoms with Crippen molar-refractivity contribution >= 4 is 27.5 Å². The fraction of sp³-hybridized carbons (Fsp3) is 0.150. The van der Waals surface area contributed by atoms with Crippen LogP contribution in [0.1, 0.15) is 27.0 Å². The third-order valence-electron chi connectivity index (χ3n) is 4.06. The van der Waals surface area contributed by atoms with Crippen LogP contribution in [0.3, 0.4) is 0 Å². The molecule has 0 aliphatic heterocycles. The smallest absolute Gasteiger partial charge is 0.254 e. The van der Waals surface area contributed by atoms with Crippen molar-refractivity contribution in [2.24, 2.45) is 0 Å². The third-order valence-corrected chi connectivity index (χ3v) is 5.08. The Hall–Kier alpha value is -2.99. The maximum atomic E-state index is 12.4. The minimum Gasteiger partial charge on any atom is -0.348 e. The average Bonchev–Trinajstić information content (AvgIpc) is 3.25. The van der Waals surface area contributed by atoms with Gasteiger partial charge in [-0.25, -0.2) is 9.67 Å². The van der Waals surface area contributed by atoms with Crippen LogP contribution >= 0.6 is 11.3 Å². The highest BCUT2D eigenvalue weighted by Gasteiger charge is 2.12. The molecule has 26 heavy (non-hydrogen) atoms. The summed E-state index contributed by atoms with van der Waals surface area (Å²) in [5.41, 5.74) is 4.93. The Kier molecular flexibility index (Phi) is 4.26. The Morgan fingerprint density at radius 2 is 1.92 bits per heavy atom. The fourth-order valence-electron chi connectivity index (χ4n) is 2.96. The number of rotatable bonds is 4. The number of aryl methyl sites for hydroxylation is 2. The predicted octanol–water partition coefficient (Wildman–Crippen LogP) is 4.03. The summed E-state index contributed by atoms with van der Waals surface area (Å²) in [6.07, 6.45) is 3.29. The summed E-state index contributed by atoms with van der Waals surface area (Å²) >= 11 is 1.55. The molecular weight excluding hydrogens is 344 g/mol. The molecule has 5 nitrogen and oxygen atoms in total. The first-order valence-electron chi connectivity index (χ1n) is 8.34. The number of para-hydroxylation sites is 1. The molecule has 1 N–H and O–H groups in total. The second kappa shape index (κ2) is 6.72. The third kappa shape index (κ3) is 3.36. The van der Waals surface area contributed by atoms with Gasteiger partial charge in [-0.1, -0.05) is 52.8 Å². The molecule has 0 saturated carbocycles. The number of hydrogen-bond acceptors (Lipinski definition) is 4. The molecule has 0 bridgehead atoms. The molecule has 0 unspecified atom stereocenters. The maximum Gasteiger partial charge on any atom is 0.254 e. The summed E-state index contributed by atoms with van der Waals surface area (Å²) in [6.45, 7) is 4.61. The van der Waals surface area contributed by atoms with Crippen molar-refractivity contribution in [3.05, 3.63) is 77.1 Å². The number of thiazole rings is 1. The van der Waals surface area contributed by atoms with Gasteiger partial charge in [-0.2, -0.15) is 5.10 Å². The Bertz CT molecular complexity index is 1040. The van der Waals surface area contributed by atoms with E-state index in [9.17, 15) is 4.79 Å². The first kappa shape index (κ1) is 16.5. The average molecular weight is 362 g/mol. The lowest BCUT2D eigenvalue weighted by molar-refractivity contribution is 0.0951. The van der Waals surface area contributed by atoms with E-state index in [0.717, 1.165) is 20.9 Å². The highest BCUT2D eigenvalue weighted by Crippen LogP contribution is 2.24. The van der Waals surface area contributed by atoms with Crippen LogP contribution in [0.15, 0.2) is 54.9 Å². The Labute approximate surface area is 155 Å². The van der Waals surface area contributed by atoms with Crippen molar-refractivity contribution in [2.75, 3.05) is 0 Å². The van der Waals surface area contributed by atoms with Gasteiger partial charge in [0.05, 0.1) is 22.0 Å². The monoisotopic (exact) mass is 362 g/mol. The van der Waals surface area contributed by atoms with E-state index in [1.807, 2.05) is 24.3 Å². The standard InChI is InChI=1S/C20H18N4OS/c1-13-7-14(2)9-15(8-13)10-21-19(25)16-11-22-24(12-16)20-23-17-5-3-4-6-18(17)26-20/h3-9,11-12H,10H2,1-2H3,(H,21,25). The van der Waals surface area contributed by atoms with E-state index in [1.54, 1.807) is 28.4 Å². The number of hydrogen-bond donors (Lipinski definition) is 1. The number of nitrogens with one attached hydrogen (secondary N) is 1. The Balaban J connectivity index is 1.49. The first-order chi connectivity index (χ1) is 12.6. The van der Waals surface area contributed by atoms with E-state index in [4.69, 9.17) is 0 Å². The molecule has 2 aromatic heterocycles. The van der Waals surface area contributed by atoms with Gasteiger partial charge >= 0.3 is 0 Å². The van der Waals surface area contributed by atoms with Crippen molar-refractivity contribution < 1.29 is 4.79 Å². The molecule has 0 saturated heterocycles. The molecule has 0 spiro atoms. The summed E-state index contributed by atoms with van der Waals surface area (Å²) in [4.78, 5) is 17.0. The topological polar surface area (TPSA) is 59.8 Å². The normalized spacial score (nSPS) is 11.0. The summed E-state index contributed by atoms with van der Waals surface area (Å²) < 4.78 is 2.75. The molecule has 0 fully saturated rings. The molecule has 1 amide bonds. The lowest BCUT2D eigenvalue weighted by Gasteiger charge is -2.06. The molecule has 4 rings (SSSR count). The van der Waals surface area contributed by atoms with E-state index in [2.05, 4.69) is 47.4 Å². The largest absolute Gasteiger partial charge is 0.348 e. The number of amides is 1. The number of aromatic nitrogens is 3. The number of benzene rings is 2. The molecule has 2 heterocycles. The van der Waals surface area contributed by atoms with Crippen LogP contribution in [0.5, 0.6) is 0 Å². The lowest BCUT2D eigenvalue weighted by Crippen LogP contribution is -2.22.